The summed E-state index contributed by atoms with van der Waals surface area (Å²) in [6.07, 6.45) is 0. The fourth-order valence-corrected chi connectivity index (χ4v) is 3.51. The molecular weight excluding hydrogens is 385 g/mol. The Balaban J connectivity index is 1.41. The Bertz CT molecular complexity index is 1040. The second-order valence-electron chi connectivity index (χ2n) is 5.85. The van der Waals surface area contributed by atoms with Crippen molar-refractivity contribution in [2.45, 2.75) is 11.8 Å². The first-order valence-electron chi connectivity index (χ1n) is 8.21. The Morgan fingerprint density at radius 3 is 2.32 bits per heavy atom. The number of aromatic nitrogens is 3. The summed E-state index contributed by atoms with van der Waals surface area (Å²) in [5, 5.41) is 8.15. The normalized spacial score (nSPS) is 13.1. The monoisotopic (exact) mass is 399 g/mol. The van der Waals surface area contributed by atoms with Crippen molar-refractivity contribution < 1.29 is 18.7 Å². The fraction of sp³-hybridized carbons (Fsp3) is 0.111. The van der Waals surface area contributed by atoms with Crippen molar-refractivity contribution in [3.63, 3.8) is 0 Å². The molecule has 0 atom stereocenters. The number of carbonyl (C=O) groups excluding carboxylic acids is 2. The molecule has 2 heterocycles. The molecule has 0 fully saturated rings. The SMILES string of the molecule is Nn1c(COc2ccccc2F)nnc1SCN1C(=O)c2ccccc2C1=O. The molecule has 2 N–H and O–H groups in total. The first-order valence-corrected chi connectivity index (χ1v) is 9.19. The van der Waals surface area contributed by atoms with E-state index in [1.165, 1.54) is 16.8 Å². The van der Waals surface area contributed by atoms with Crippen LogP contribution in [-0.4, -0.2) is 37.5 Å². The van der Waals surface area contributed by atoms with E-state index in [2.05, 4.69) is 10.2 Å². The van der Waals surface area contributed by atoms with Crippen molar-refractivity contribution in [2.75, 3.05) is 11.7 Å². The standard InChI is InChI=1S/C18H14FN5O3S/c19-13-7-3-4-8-14(13)27-9-15-21-22-18(24(15)20)28-10-23-16(25)11-5-1-2-6-12(11)17(23)26/h1-8H,9-10,20H2. The predicted octanol–water partition coefficient (Wildman–Crippen LogP) is 2.06. The smallest absolute Gasteiger partial charge is 0.262 e. The van der Waals surface area contributed by atoms with Gasteiger partial charge in [-0.1, -0.05) is 36.0 Å². The molecule has 8 nitrogen and oxygen atoms in total. The second-order valence-corrected chi connectivity index (χ2v) is 6.76. The molecule has 0 saturated heterocycles. The minimum atomic E-state index is -0.495. The summed E-state index contributed by atoms with van der Waals surface area (Å²) in [7, 11) is 0. The minimum absolute atomic E-state index is 0.0376. The van der Waals surface area contributed by atoms with Gasteiger partial charge in [-0.3, -0.25) is 14.5 Å². The molecule has 4 rings (SSSR count). The molecule has 0 bridgehead atoms. The number of para-hydroxylation sites is 1. The van der Waals surface area contributed by atoms with Crippen LogP contribution in [0.5, 0.6) is 5.75 Å². The molecule has 0 unspecified atom stereocenters. The zero-order valence-corrected chi connectivity index (χ0v) is 15.2. The van der Waals surface area contributed by atoms with Gasteiger partial charge in [-0.25, -0.2) is 9.07 Å². The summed E-state index contributed by atoms with van der Waals surface area (Å²) >= 11 is 1.09. The molecule has 0 radical (unpaired) electrons. The topological polar surface area (TPSA) is 103 Å². The van der Waals surface area contributed by atoms with Crippen LogP contribution in [0.1, 0.15) is 26.5 Å². The van der Waals surface area contributed by atoms with E-state index in [9.17, 15) is 14.0 Å². The van der Waals surface area contributed by atoms with Crippen LogP contribution in [0.25, 0.3) is 0 Å². The number of halogens is 1. The molecule has 0 saturated carbocycles. The minimum Gasteiger partial charge on any atom is -0.482 e. The third-order valence-corrected chi connectivity index (χ3v) is 5.05. The number of nitrogens with two attached hydrogens (primary N) is 1. The Labute approximate surface area is 163 Å². The van der Waals surface area contributed by atoms with E-state index in [1.807, 2.05) is 0 Å². The Morgan fingerprint density at radius 1 is 1.00 bits per heavy atom. The number of hydrogen-bond donors (Lipinski definition) is 1. The van der Waals surface area contributed by atoms with Gasteiger partial charge in [0.25, 0.3) is 11.8 Å². The fourth-order valence-electron chi connectivity index (χ4n) is 2.69. The van der Waals surface area contributed by atoms with Gasteiger partial charge in [0, 0.05) is 0 Å². The van der Waals surface area contributed by atoms with E-state index in [0.29, 0.717) is 16.3 Å². The van der Waals surface area contributed by atoms with E-state index < -0.39 is 5.82 Å². The predicted molar refractivity (Wildman–Crippen MR) is 98.6 cm³/mol. The molecule has 1 aliphatic rings. The van der Waals surface area contributed by atoms with Gasteiger partial charge in [-0.05, 0) is 24.3 Å². The van der Waals surface area contributed by atoms with Gasteiger partial charge in [-0.15, -0.1) is 10.2 Å². The zero-order chi connectivity index (χ0) is 19.7. The molecule has 2 aromatic carbocycles. The van der Waals surface area contributed by atoms with Gasteiger partial charge >= 0.3 is 0 Å². The highest BCUT2D eigenvalue weighted by atomic mass is 32.2. The molecular formula is C18H14FN5O3S. The summed E-state index contributed by atoms with van der Waals surface area (Å²) in [6, 6.07) is 12.6. The highest BCUT2D eigenvalue weighted by Crippen LogP contribution is 2.26. The number of hydrogen-bond acceptors (Lipinski definition) is 7. The van der Waals surface area contributed by atoms with Crippen molar-refractivity contribution in [1.29, 1.82) is 0 Å². The van der Waals surface area contributed by atoms with Crippen LogP contribution in [0.4, 0.5) is 4.39 Å². The van der Waals surface area contributed by atoms with Crippen LogP contribution < -0.4 is 10.6 Å². The first kappa shape index (κ1) is 18.0. The molecule has 0 spiro atoms. The highest BCUT2D eigenvalue weighted by molar-refractivity contribution is 7.99. The molecule has 2 amide bonds. The summed E-state index contributed by atoms with van der Waals surface area (Å²) < 4.78 is 20.2. The van der Waals surface area contributed by atoms with Gasteiger partial charge in [0.05, 0.1) is 17.0 Å². The van der Waals surface area contributed by atoms with Gasteiger partial charge in [-0.2, -0.15) is 0 Å². The van der Waals surface area contributed by atoms with Crippen molar-refractivity contribution in [3.05, 3.63) is 71.3 Å². The number of carbonyl (C=O) groups is 2. The molecule has 1 aromatic heterocycles. The number of nitrogens with zero attached hydrogens (tertiary/aromatic N) is 4. The summed E-state index contributed by atoms with van der Waals surface area (Å²) in [5.41, 5.74) is 0.752. The lowest BCUT2D eigenvalue weighted by molar-refractivity contribution is 0.0684. The molecule has 1 aliphatic heterocycles. The number of benzene rings is 2. The van der Waals surface area contributed by atoms with Crippen LogP contribution in [0.3, 0.4) is 0 Å². The average Bonchev–Trinajstić information content (AvgIpc) is 3.17. The number of thioether (sulfide) groups is 1. The van der Waals surface area contributed by atoms with Crippen molar-refractivity contribution >= 4 is 23.6 Å². The van der Waals surface area contributed by atoms with Gasteiger partial charge in [0.15, 0.2) is 17.4 Å². The number of rotatable bonds is 6. The lowest BCUT2D eigenvalue weighted by atomic mass is 10.1. The number of imide groups is 1. The molecule has 142 valence electrons. The highest BCUT2D eigenvalue weighted by Gasteiger charge is 2.35. The van der Waals surface area contributed by atoms with Gasteiger partial charge in [0.2, 0.25) is 5.16 Å². The molecule has 10 heteroatoms. The zero-order valence-electron chi connectivity index (χ0n) is 14.4. The van der Waals surface area contributed by atoms with Crippen LogP contribution in [-0.2, 0) is 6.61 Å². The third kappa shape index (κ3) is 3.18. The summed E-state index contributed by atoms with van der Waals surface area (Å²) in [6.45, 7) is -0.0853. The molecule has 0 aliphatic carbocycles. The van der Waals surface area contributed by atoms with E-state index >= 15 is 0 Å². The number of fused-ring (bicyclic) bond motifs is 1. The van der Waals surface area contributed by atoms with Crippen molar-refractivity contribution in [2.24, 2.45) is 0 Å². The maximum atomic E-state index is 13.6. The lowest BCUT2D eigenvalue weighted by Crippen LogP contribution is -2.29. The van der Waals surface area contributed by atoms with Crippen LogP contribution in [0.2, 0.25) is 0 Å². The summed E-state index contributed by atoms with van der Waals surface area (Å²) in [5.74, 6) is 5.12. The van der Waals surface area contributed by atoms with Crippen molar-refractivity contribution in [1.82, 2.24) is 19.8 Å². The van der Waals surface area contributed by atoms with E-state index in [1.54, 1.807) is 36.4 Å². The Morgan fingerprint density at radius 2 is 1.64 bits per heavy atom. The van der Waals surface area contributed by atoms with Crippen LogP contribution >= 0.6 is 11.8 Å². The van der Waals surface area contributed by atoms with Gasteiger partial charge in [0.1, 0.15) is 6.61 Å². The Hall–Kier alpha value is -3.40. The third-order valence-electron chi connectivity index (χ3n) is 4.13. The van der Waals surface area contributed by atoms with Crippen LogP contribution in [0, 0.1) is 5.82 Å². The average molecular weight is 399 g/mol. The number of amides is 2. The first-order chi connectivity index (χ1) is 13.6. The summed E-state index contributed by atoms with van der Waals surface area (Å²) in [4.78, 5) is 25.9. The maximum Gasteiger partial charge on any atom is 0.262 e. The lowest BCUT2D eigenvalue weighted by Gasteiger charge is -2.12. The van der Waals surface area contributed by atoms with Crippen LogP contribution in [0.15, 0.2) is 53.7 Å². The number of ether oxygens (including phenoxy) is 1. The van der Waals surface area contributed by atoms with Crippen molar-refractivity contribution in [3.8, 4) is 5.75 Å². The molecule has 3 aromatic rings. The molecule has 28 heavy (non-hydrogen) atoms. The van der Waals surface area contributed by atoms with Gasteiger partial charge < -0.3 is 10.6 Å². The number of nitrogen functional groups attached to an aromatic ring is 1. The quantitative estimate of drug-likeness (QED) is 0.384. The Kier molecular flexibility index (Phi) is 4.70. The van der Waals surface area contributed by atoms with E-state index in [0.717, 1.165) is 16.7 Å². The van der Waals surface area contributed by atoms with E-state index in [-0.39, 0.29) is 35.9 Å². The second kappa shape index (κ2) is 7.31. The maximum absolute atomic E-state index is 13.6. The van der Waals surface area contributed by atoms with E-state index in [4.69, 9.17) is 10.6 Å². The largest absolute Gasteiger partial charge is 0.482 e.